The number of amides is 1. The topological polar surface area (TPSA) is 38.3 Å². The molecule has 0 heterocycles. The fourth-order valence-corrected chi connectivity index (χ4v) is 2.02. The highest BCUT2D eigenvalue weighted by Gasteiger charge is 2.13. The van der Waals surface area contributed by atoms with Gasteiger partial charge in [-0.1, -0.05) is 49.4 Å². The molecule has 0 saturated carbocycles. The first-order chi connectivity index (χ1) is 10.2. The summed E-state index contributed by atoms with van der Waals surface area (Å²) in [5, 5.41) is 2.79. The summed E-state index contributed by atoms with van der Waals surface area (Å²) in [6.07, 6.45) is 0.224. The van der Waals surface area contributed by atoms with Crippen LogP contribution in [0.1, 0.15) is 30.5 Å². The summed E-state index contributed by atoms with van der Waals surface area (Å²) < 4.78 is 18.1. The lowest BCUT2D eigenvalue weighted by Crippen LogP contribution is -2.28. The van der Waals surface area contributed by atoms with Crippen LogP contribution in [-0.2, 0) is 11.3 Å². The Morgan fingerprint density at radius 2 is 1.81 bits per heavy atom. The molecule has 0 aliphatic carbocycles. The molecule has 0 fully saturated rings. The first kappa shape index (κ1) is 15.0. The van der Waals surface area contributed by atoms with Crippen molar-refractivity contribution in [2.45, 2.75) is 26.0 Å². The average molecular weight is 287 g/mol. The van der Waals surface area contributed by atoms with Gasteiger partial charge in [-0.05, 0) is 29.7 Å². The van der Waals surface area contributed by atoms with Crippen LogP contribution < -0.4 is 5.32 Å². The third kappa shape index (κ3) is 4.60. The maximum atomic E-state index is 12.9. The molecular formula is C17H18FNO2. The highest BCUT2D eigenvalue weighted by atomic mass is 19.1. The Morgan fingerprint density at radius 1 is 1.14 bits per heavy atom. The normalized spacial score (nSPS) is 11.7. The van der Waals surface area contributed by atoms with Crippen molar-refractivity contribution < 1.29 is 13.9 Å². The van der Waals surface area contributed by atoms with E-state index >= 15 is 0 Å². The van der Waals surface area contributed by atoms with Gasteiger partial charge >= 0.3 is 6.09 Å². The van der Waals surface area contributed by atoms with Crippen LogP contribution in [0.4, 0.5) is 9.18 Å². The zero-order chi connectivity index (χ0) is 15.1. The number of rotatable bonds is 5. The number of carbonyl (C=O) groups excluding carboxylic acids is 1. The maximum Gasteiger partial charge on any atom is 0.407 e. The van der Waals surface area contributed by atoms with Crippen LogP contribution in [0.3, 0.4) is 0 Å². The van der Waals surface area contributed by atoms with Crippen molar-refractivity contribution >= 4 is 6.09 Å². The SMILES string of the molecule is CCC(NC(=O)OCc1ccccc1)c1ccc(F)cc1. The second-order valence-corrected chi connectivity index (χ2v) is 4.72. The van der Waals surface area contributed by atoms with Crippen LogP contribution in [0.5, 0.6) is 0 Å². The smallest absolute Gasteiger partial charge is 0.407 e. The van der Waals surface area contributed by atoms with Gasteiger partial charge < -0.3 is 10.1 Å². The Kier molecular flexibility index (Phi) is 5.32. The molecule has 0 aliphatic rings. The summed E-state index contributed by atoms with van der Waals surface area (Å²) in [6.45, 7) is 2.18. The predicted octanol–water partition coefficient (Wildman–Crippen LogP) is 4.20. The molecule has 2 aromatic rings. The quantitative estimate of drug-likeness (QED) is 0.895. The molecule has 110 valence electrons. The van der Waals surface area contributed by atoms with Crippen molar-refractivity contribution in [2.24, 2.45) is 0 Å². The van der Waals surface area contributed by atoms with Gasteiger partial charge in [-0.15, -0.1) is 0 Å². The standard InChI is InChI=1S/C17H18FNO2/c1-2-16(14-8-10-15(18)11-9-14)19-17(20)21-12-13-6-4-3-5-7-13/h3-11,16H,2,12H2,1H3,(H,19,20). The van der Waals surface area contributed by atoms with Gasteiger partial charge in [0.15, 0.2) is 0 Å². The lowest BCUT2D eigenvalue weighted by molar-refractivity contribution is 0.135. The summed E-state index contributed by atoms with van der Waals surface area (Å²) in [4.78, 5) is 11.8. The molecule has 0 aliphatic heterocycles. The molecule has 1 N–H and O–H groups in total. The zero-order valence-electron chi connectivity index (χ0n) is 11.9. The van der Waals surface area contributed by atoms with E-state index in [-0.39, 0.29) is 18.5 Å². The Hall–Kier alpha value is -2.36. The number of halogens is 1. The lowest BCUT2D eigenvalue weighted by Gasteiger charge is -2.17. The minimum Gasteiger partial charge on any atom is -0.445 e. The summed E-state index contributed by atoms with van der Waals surface area (Å²) in [5.41, 5.74) is 1.79. The summed E-state index contributed by atoms with van der Waals surface area (Å²) >= 11 is 0. The van der Waals surface area contributed by atoms with Crippen LogP contribution in [0.15, 0.2) is 54.6 Å². The summed E-state index contributed by atoms with van der Waals surface area (Å²) in [6, 6.07) is 15.4. The fourth-order valence-electron chi connectivity index (χ4n) is 2.02. The molecule has 0 radical (unpaired) electrons. The van der Waals surface area contributed by atoms with Gasteiger partial charge in [0.2, 0.25) is 0 Å². The van der Waals surface area contributed by atoms with Crippen LogP contribution in [0.2, 0.25) is 0 Å². The van der Waals surface area contributed by atoms with Crippen molar-refractivity contribution in [1.29, 1.82) is 0 Å². The number of benzene rings is 2. The van der Waals surface area contributed by atoms with Gasteiger partial charge in [0.1, 0.15) is 12.4 Å². The first-order valence-electron chi connectivity index (χ1n) is 6.91. The summed E-state index contributed by atoms with van der Waals surface area (Å²) in [7, 11) is 0. The second-order valence-electron chi connectivity index (χ2n) is 4.72. The molecule has 2 aromatic carbocycles. The molecule has 4 heteroatoms. The molecule has 3 nitrogen and oxygen atoms in total. The molecule has 21 heavy (non-hydrogen) atoms. The molecule has 0 bridgehead atoms. The molecule has 1 amide bonds. The number of hydrogen-bond acceptors (Lipinski definition) is 2. The first-order valence-corrected chi connectivity index (χ1v) is 6.91. The van der Waals surface area contributed by atoms with Gasteiger partial charge in [0.05, 0.1) is 6.04 Å². The minimum absolute atomic E-state index is 0.186. The monoisotopic (exact) mass is 287 g/mol. The Bertz CT molecular complexity index is 569. The third-order valence-corrected chi connectivity index (χ3v) is 3.19. The van der Waals surface area contributed by atoms with Gasteiger partial charge in [-0.3, -0.25) is 0 Å². The van der Waals surface area contributed by atoms with Crippen LogP contribution in [-0.4, -0.2) is 6.09 Å². The molecule has 1 unspecified atom stereocenters. The molecule has 0 saturated heterocycles. The van der Waals surface area contributed by atoms with Crippen molar-refractivity contribution in [3.05, 3.63) is 71.5 Å². The van der Waals surface area contributed by atoms with Gasteiger partial charge in [0.25, 0.3) is 0 Å². The number of carbonyl (C=O) groups is 1. The van der Waals surface area contributed by atoms with Crippen LogP contribution >= 0.6 is 0 Å². The number of hydrogen-bond donors (Lipinski definition) is 1. The number of alkyl carbamates (subject to hydrolysis) is 1. The predicted molar refractivity (Wildman–Crippen MR) is 79.2 cm³/mol. The van der Waals surface area contributed by atoms with E-state index in [9.17, 15) is 9.18 Å². The van der Waals surface area contributed by atoms with E-state index < -0.39 is 6.09 Å². The summed E-state index contributed by atoms with van der Waals surface area (Å²) in [5.74, 6) is -0.291. The number of nitrogens with one attached hydrogen (secondary N) is 1. The van der Waals surface area contributed by atoms with Crippen molar-refractivity contribution in [3.8, 4) is 0 Å². The minimum atomic E-state index is -0.477. The molecular weight excluding hydrogens is 269 g/mol. The van der Waals surface area contributed by atoms with E-state index in [2.05, 4.69) is 5.32 Å². The largest absolute Gasteiger partial charge is 0.445 e. The van der Waals surface area contributed by atoms with Crippen molar-refractivity contribution in [1.82, 2.24) is 5.32 Å². The van der Waals surface area contributed by atoms with E-state index in [4.69, 9.17) is 4.74 Å². The third-order valence-electron chi connectivity index (χ3n) is 3.19. The van der Waals surface area contributed by atoms with Gasteiger partial charge in [-0.25, -0.2) is 9.18 Å². The van der Waals surface area contributed by atoms with E-state index in [0.29, 0.717) is 6.42 Å². The van der Waals surface area contributed by atoms with Crippen LogP contribution in [0.25, 0.3) is 0 Å². The molecule has 2 rings (SSSR count). The second kappa shape index (κ2) is 7.43. The Labute approximate surface area is 123 Å². The van der Waals surface area contributed by atoms with Crippen LogP contribution in [0, 0.1) is 5.82 Å². The van der Waals surface area contributed by atoms with E-state index in [1.165, 1.54) is 12.1 Å². The maximum absolute atomic E-state index is 12.9. The van der Waals surface area contributed by atoms with Gasteiger partial charge in [-0.2, -0.15) is 0 Å². The lowest BCUT2D eigenvalue weighted by atomic mass is 10.1. The number of ether oxygens (including phenoxy) is 1. The highest BCUT2D eigenvalue weighted by Crippen LogP contribution is 2.17. The zero-order valence-corrected chi connectivity index (χ0v) is 11.9. The van der Waals surface area contributed by atoms with E-state index in [1.807, 2.05) is 37.3 Å². The van der Waals surface area contributed by atoms with Crippen molar-refractivity contribution in [3.63, 3.8) is 0 Å². The molecule has 1 atom stereocenters. The van der Waals surface area contributed by atoms with Crippen molar-refractivity contribution in [2.75, 3.05) is 0 Å². The molecule has 0 spiro atoms. The average Bonchev–Trinajstić information content (AvgIpc) is 2.52. The van der Waals surface area contributed by atoms with E-state index in [0.717, 1.165) is 11.1 Å². The Balaban J connectivity index is 1.89. The van der Waals surface area contributed by atoms with E-state index in [1.54, 1.807) is 12.1 Å². The van der Waals surface area contributed by atoms with Gasteiger partial charge in [0, 0.05) is 0 Å². The fraction of sp³-hybridized carbons (Fsp3) is 0.235. The highest BCUT2D eigenvalue weighted by molar-refractivity contribution is 5.67. The Morgan fingerprint density at radius 3 is 2.43 bits per heavy atom. The molecule has 0 aromatic heterocycles.